The van der Waals surface area contributed by atoms with Gasteiger partial charge >= 0.3 is 5.97 Å². The molecule has 0 radical (unpaired) electrons. The van der Waals surface area contributed by atoms with E-state index >= 15 is 0 Å². The highest BCUT2D eigenvalue weighted by Gasteiger charge is 2.21. The molecule has 0 heterocycles. The molecule has 2 N–H and O–H groups in total. The Morgan fingerprint density at radius 1 is 1.37 bits per heavy atom. The molecule has 0 bridgehead atoms. The molecule has 2 rings (SSSR count). The Morgan fingerprint density at radius 3 is 2.63 bits per heavy atom. The summed E-state index contributed by atoms with van der Waals surface area (Å²) in [7, 11) is 0. The van der Waals surface area contributed by atoms with Crippen LogP contribution in [0.5, 0.6) is 0 Å². The van der Waals surface area contributed by atoms with Gasteiger partial charge in [-0.2, -0.15) is 11.8 Å². The van der Waals surface area contributed by atoms with E-state index in [1.54, 1.807) is 18.2 Å². The van der Waals surface area contributed by atoms with Gasteiger partial charge in [-0.25, -0.2) is 4.79 Å². The molecule has 1 aromatic rings. The zero-order valence-corrected chi connectivity index (χ0v) is 12.4. The summed E-state index contributed by atoms with van der Waals surface area (Å²) in [5.74, 6) is -0.919. The second-order valence-corrected chi connectivity index (χ2v) is 6.42. The van der Waals surface area contributed by atoms with Crippen LogP contribution in [0, 0.1) is 0 Å². The maximum atomic E-state index is 11.2. The number of rotatable bonds is 4. The molecule has 1 aliphatic rings. The third-order valence-electron chi connectivity index (χ3n) is 3.58. The summed E-state index contributed by atoms with van der Waals surface area (Å²) in [6.45, 7) is 0. The zero-order chi connectivity index (χ0) is 13.8. The van der Waals surface area contributed by atoms with E-state index < -0.39 is 5.97 Å². The number of benzene rings is 1. The van der Waals surface area contributed by atoms with E-state index in [0.29, 0.717) is 16.8 Å². The fourth-order valence-electron chi connectivity index (χ4n) is 2.49. The largest absolute Gasteiger partial charge is 0.478 e. The van der Waals surface area contributed by atoms with Crippen molar-refractivity contribution < 1.29 is 9.90 Å². The lowest BCUT2D eigenvalue weighted by molar-refractivity contribution is 0.0698. The van der Waals surface area contributed by atoms with E-state index in [-0.39, 0.29) is 5.56 Å². The lowest BCUT2D eigenvalue weighted by atomic mass is 9.94. The molecule has 0 saturated heterocycles. The Morgan fingerprint density at radius 2 is 2.05 bits per heavy atom. The van der Waals surface area contributed by atoms with Gasteiger partial charge in [0.2, 0.25) is 0 Å². The van der Waals surface area contributed by atoms with E-state index in [2.05, 4.69) is 11.6 Å². The topological polar surface area (TPSA) is 49.3 Å². The van der Waals surface area contributed by atoms with Crippen LogP contribution in [0.15, 0.2) is 18.2 Å². The predicted molar refractivity (Wildman–Crippen MR) is 81.6 cm³/mol. The van der Waals surface area contributed by atoms with Crippen LogP contribution in [0.4, 0.5) is 5.69 Å². The number of carboxylic acids is 1. The molecule has 0 unspecified atom stereocenters. The Balaban J connectivity index is 2.06. The molecule has 1 aliphatic carbocycles. The van der Waals surface area contributed by atoms with Gasteiger partial charge in [-0.3, -0.25) is 0 Å². The van der Waals surface area contributed by atoms with Crippen molar-refractivity contribution in [2.75, 3.05) is 11.6 Å². The van der Waals surface area contributed by atoms with Crippen molar-refractivity contribution in [3.63, 3.8) is 0 Å². The normalized spacial score (nSPS) is 23.1. The smallest absolute Gasteiger partial charge is 0.337 e. The standard InChI is InChI=1S/C14H18ClNO2S/c1-19-11-5-3-10(4-6-11)16-13-8-9(15)2-7-12(13)14(17)18/h2,7-8,10-11,16H,3-6H2,1H3,(H,17,18). The molecule has 104 valence electrons. The quantitative estimate of drug-likeness (QED) is 0.878. The molecule has 0 spiro atoms. The van der Waals surface area contributed by atoms with Gasteiger partial charge in [0.15, 0.2) is 0 Å². The van der Waals surface area contributed by atoms with E-state index in [0.717, 1.165) is 18.1 Å². The Bertz CT molecular complexity index is 459. The number of hydrogen-bond donors (Lipinski definition) is 2. The van der Waals surface area contributed by atoms with Gasteiger partial charge in [-0.05, 0) is 50.1 Å². The van der Waals surface area contributed by atoms with Crippen LogP contribution in [0.1, 0.15) is 36.0 Å². The molecule has 0 aliphatic heterocycles. The van der Waals surface area contributed by atoms with Gasteiger partial charge in [0.25, 0.3) is 0 Å². The number of halogens is 1. The van der Waals surface area contributed by atoms with Gasteiger partial charge in [0, 0.05) is 16.3 Å². The summed E-state index contributed by atoms with van der Waals surface area (Å²) < 4.78 is 0. The first-order chi connectivity index (χ1) is 9.10. The number of carboxylic acid groups (broad SMARTS) is 1. The Labute approximate surface area is 122 Å². The van der Waals surface area contributed by atoms with Gasteiger partial charge in [0.1, 0.15) is 0 Å². The number of anilines is 1. The van der Waals surface area contributed by atoms with E-state index in [4.69, 9.17) is 11.6 Å². The summed E-state index contributed by atoms with van der Waals surface area (Å²) in [6.07, 6.45) is 6.68. The molecule has 1 fully saturated rings. The highest BCUT2D eigenvalue weighted by atomic mass is 35.5. The van der Waals surface area contributed by atoms with Crippen molar-refractivity contribution in [1.82, 2.24) is 0 Å². The summed E-state index contributed by atoms with van der Waals surface area (Å²) >= 11 is 7.87. The van der Waals surface area contributed by atoms with Crippen molar-refractivity contribution in [1.29, 1.82) is 0 Å². The number of aromatic carboxylic acids is 1. The minimum absolute atomic E-state index is 0.288. The van der Waals surface area contributed by atoms with E-state index in [1.165, 1.54) is 12.8 Å². The van der Waals surface area contributed by atoms with Crippen LogP contribution in [0.3, 0.4) is 0 Å². The summed E-state index contributed by atoms with van der Waals surface area (Å²) in [4.78, 5) is 11.2. The van der Waals surface area contributed by atoms with Crippen molar-refractivity contribution in [2.24, 2.45) is 0 Å². The number of nitrogens with one attached hydrogen (secondary N) is 1. The Kier molecular flexibility index (Phi) is 4.99. The molecular weight excluding hydrogens is 282 g/mol. The highest BCUT2D eigenvalue weighted by Crippen LogP contribution is 2.30. The van der Waals surface area contributed by atoms with Crippen molar-refractivity contribution in [2.45, 2.75) is 37.0 Å². The predicted octanol–water partition coefficient (Wildman–Crippen LogP) is 4.12. The van der Waals surface area contributed by atoms with Crippen molar-refractivity contribution >= 4 is 35.0 Å². The zero-order valence-electron chi connectivity index (χ0n) is 10.9. The van der Waals surface area contributed by atoms with Crippen LogP contribution < -0.4 is 5.32 Å². The molecular formula is C14H18ClNO2S. The highest BCUT2D eigenvalue weighted by molar-refractivity contribution is 7.99. The molecule has 1 aromatic carbocycles. The van der Waals surface area contributed by atoms with Crippen LogP contribution in [0.2, 0.25) is 5.02 Å². The molecule has 0 amide bonds. The summed E-state index contributed by atoms with van der Waals surface area (Å²) in [6, 6.07) is 5.22. The average Bonchev–Trinajstić information content (AvgIpc) is 2.39. The monoisotopic (exact) mass is 299 g/mol. The lowest BCUT2D eigenvalue weighted by Gasteiger charge is -2.29. The van der Waals surface area contributed by atoms with Crippen molar-refractivity contribution in [3.8, 4) is 0 Å². The maximum Gasteiger partial charge on any atom is 0.337 e. The summed E-state index contributed by atoms with van der Waals surface area (Å²) in [5, 5.41) is 13.8. The van der Waals surface area contributed by atoms with E-state index in [9.17, 15) is 9.90 Å². The van der Waals surface area contributed by atoms with Gasteiger partial charge < -0.3 is 10.4 Å². The molecule has 19 heavy (non-hydrogen) atoms. The van der Waals surface area contributed by atoms with Gasteiger partial charge in [0.05, 0.1) is 11.3 Å². The molecule has 0 aromatic heterocycles. The second kappa shape index (κ2) is 6.53. The van der Waals surface area contributed by atoms with Crippen LogP contribution in [0.25, 0.3) is 0 Å². The third kappa shape index (κ3) is 3.80. The fraction of sp³-hybridized carbons (Fsp3) is 0.500. The number of carbonyl (C=O) groups is 1. The fourth-order valence-corrected chi connectivity index (χ4v) is 3.40. The molecule has 1 saturated carbocycles. The van der Waals surface area contributed by atoms with Crippen LogP contribution in [-0.4, -0.2) is 28.6 Å². The molecule has 0 atom stereocenters. The second-order valence-electron chi connectivity index (χ2n) is 4.85. The van der Waals surface area contributed by atoms with Crippen LogP contribution >= 0.6 is 23.4 Å². The van der Waals surface area contributed by atoms with Gasteiger partial charge in [-0.15, -0.1) is 0 Å². The summed E-state index contributed by atoms with van der Waals surface area (Å²) in [5.41, 5.74) is 0.920. The first kappa shape index (κ1) is 14.5. The van der Waals surface area contributed by atoms with Gasteiger partial charge in [-0.1, -0.05) is 11.6 Å². The van der Waals surface area contributed by atoms with Crippen molar-refractivity contribution in [3.05, 3.63) is 28.8 Å². The Hall–Kier alpha value is -0.870. The average molecular weight is 300 g/mol. The molecule has 3 nitrogen and oxygen atoms in total. The minimum atomic E-state index is -0.919. The maximum absolute atomic E-state index is 11.2. The van der Waals surface area contributed by atoms with E-state index in [1.807, 2.05) is 11.8 Å². The number of hydrogen-bond acceptors (Lipinski definition) is 3. The first-order valence-electron chi connectivity index (χ1n) is 6.42. The SMILES string of the molecule is CSC1CCC(Nc2cc(Cl)ccc2C(=O)O)CC1. The van der Waals surface area contributed by atoms with Crippen LogP contribution in [-0.2, 0) is 0 Å². The lowest BCUT2D eigenvalue weighted by Crippen LogP contribution is -2.27. The number of thioether (sulfide) groups is 1. The molecule has 5 heteroatoms. The first-order valence-corrected chi connectivity index (χ1v) is 8.09. The third-order valence-corrected chi connectivity index (χ3v) is 4.95. The minimum Gasteiger partial charge on any atom is -0.478 e.